The molecule has 132 valence electrons. The average molecular weight is 324 g/mol. The summed E-state index contributed by atoms with van der Waals surface area (Å²) in [5.41, 5.74) is -0.696. The Hall–Kier alpha value is -1.32. The fourth-order valence-corrected chi connectivity index (χ4v) is 2.66. The average Bonchev–Trinajstić information content (AvgIpc) is 2.34. The van der Waals surface area contributed by atoms with Crippen LogP contribution in [0.3, 0.4) is 0 Å². The van der Waals surface area contributed by atoms with Crippen LogP contribution in [0.5, 0.6) is 0 Å². The molecule has 1 aliphatic rings. The maximum absolute atomic E-state index is 12.4. The van der Waals surface area contributed by atoms with Crippen molar-refractivity contribution in [3.8, 4) is 0 Å². The van der Waals surface area contributed by atoms with Gasteiger partial charge < -0.3 is 9.47 Å². The highest BCUT2D eigenvalue weighted by molar-refractivity contribution is 5.94. The van der Waals surface area contributed by atoms with E-state index >= 15 is 0 Å². The molecule has 0 heterocycles. The minimum absolute atomic E-state index is 0.0251. The molecule has 0 bridgehead atoms. The normalized spacial score (nSPS) is 17.7. The molecule has 1 fully saturated rings. The summed E-state index contributed by atoms with van der Waals surface area (Å²) in [6.45, 7) is 11.0. The Kier molecular flexibility index (Phi) is 6.84. The van der Waals surface area contributed by atoms with E-state index in [1.165, 1.54) is 19.3 Å². The van der Waals surface area contributed by atoms with Gasteiger partial charge in [-0.1, -0.05) is 25.3 Å². The predicted octanol–water partition coefficient (Wildman–Crippen LogP) is 4.57. The highest BCUT2D eigenvalue weighted by Crippen LogP contribution is 2.27. The third kappa shape index (κ3) is 8.77. The van der Waals surface area contributed by atoms with Crippen molar-refractivity contribution in [2.24, 2.45) is 5.92 Å². The zero-order valence-electron chi connectivity index (χ0n) is 15.5. The number of esters is 2. The van der Waals surface area contributed by atoms with Gasteiger partial charge in [-0.15, -0.1) is 0 Å². The van der Waals surface area contributed by atoms with E-state index in [0.29, 0.717) is 11.5 Å². The molecule has 23 heavy (non-hydrogen) atoms. The second kappa shape index (κ2) is 7.98. The van der Waals surface area contributed by atoms with Gasteiger partial charge in [0.1, 0.15) is 11.2 Å². The summed E-state index contributed by atoms with van der Waals surface area (Å²) in [5, 5.41) is 0. The Morgan fingerprint density at radius 1 is 0.913 bits per heavy atom. The highest BCUT2D eigenvalue weighted by atomic mass is 16.6. The van der Waals surface area contributed by atoms with Crippen LogP contribution in [-0.2, 0) is 19.1 Å². The fourth-order valence-electron chi connectivity index (χ4n) is 2.66. The quantitative estimate of drug-likeness (QED) is 0.561. The van der Waals surface area contributed by atoms with Crippen LogP contribution < -0.4 is 0 Å². The van der Waals surface area contributed by atoms with E-state index in [4.69, 9.17) is 9.47 Å². The molecule has 0 aromatic heterocycles. The number of carbonyl (C=O) groups excluding carboxylic acids is 2. The zero-order chi connectivity index (χ0) is 17.7. The van der Waals surface area contributed by atoms with E-state index in [2.05, 4.69) is 0 Å². The molecule has 0 aromatic carbocycles. The lowest BCUT2D eigenvalue weighted by Gasteiger charge is -2.24. The summed E-state index contributed by atoms with van der Waals surface area (Å²) in [4.78, 5) is 24.5. The molecule has 4 heteroatoms. The fraction of sp³-hybridized carbons (Fsp3) is 0.789. The van der Waals surface area contributed by atoms with Crippen molar-refractivity contribution < 1.29 is 19.1 Å². The third-order valence-corrected chi connectivity index (χ3v) is 3.50. The first-order valence-corrected chi connectivity index (χ1v) is 8.62. The van der Waals surface area contributed by atoms with E-state index < -0.39 is 17.2 Å². The highest BCUT2D eigenvalue weighted by Gasteiger charge is 2.25. The molecule has 1 aliphatic carbocycles. The Bertz CT molecular complexity index is 443. The summed E-state index contributed by atoms with van der Waals surface area (Å²) >= 11 is 0. The molecule has 0 radical (unpaired) electrons. The minimum atomic E-state index is -0.573. The second-order valence-electron chi connectivity index (χ2n) is 8.36. The molecule has 1 rings (SSSR count). The molecule has 0 amide bonds. The standard InChI is InChI=1S/C19H32O4/c1-18(2,3)22-16(20)13-15(17(21)23-19(4,5)6)12-14-10-8-7-9-11-14/h12,14H,7-11,13H2,1-6H3/b15-12+. The summed E-state index contributed by atoms with van der Waals surface area (Å²) in [6.07, 6.45) is 7.66. The zero-order valence-corrected chi connectivity index (χ0v) is 15.5. The van der Waals surface area contributed by atoms with E-state index in [1.54, 1.807) is 0 Å². The number of rotatable bonds is 4. The Balaban J connectivity index is 2.85. The van der Waals surface area contributed by atoms with Crippen LogP contribution in [0.2, 0.25) is 0 Å². The van der Waals surface area contributed by atoms with Crippen LogP contribution >= 0.6 is 0 Å². The number of hydrogen-bond donors (Lipinski definition) is 0. The van der Waals surface area contributed by atoms with Crippen LogP contribution in [0.15, 0.2) is 11.6 Å². The molecule has 0 aromatic rings. The number of allylic oxidation sites excluding steroid dienone is 1. The molecule has 0 spiro atoms. The lowest BCUT2D eigenvalue weighted by Crippen LogP contribution is -2.28. The van der Waals surface area contributed by atoms with Crippen LogP contribution in [0.1, 0.15) is 80.1 Å². The molecule has 1 saturated carbocycles. The van der Waals surface area contributed by atoms with Crippen molar-refractivity contribution in [1.29, 1.82) is 0 Å². The van der Waals surface area contributed by atoms with Gasteiger partial charge in [-0.25, -0.2) is 4.79 Å². The largest absolute Gasteiger partial charge is 0.460 e. The van der Waals surface area contributed by atoms with Gasteiger partial charge in [-0.05, 0) is 60.3 Å². The predicted molar refractivity (Wildman–Crippen MR) is 91.0 cm³/mol. The monoisotopic (exact) mass is 324 g/mol. The van der Waals surface area contributed by atoms with Crippen LogP contribution in [-0.4, -0.2) is 23.1 Å². The SMILES string of the molecule is CC(C)(C)OC(=O)C/C(=C\C1CCCCC1)C(=O)OC(C)(C)C. The van der Waals surface area contributed by atoms with E-state index in [0.717, 1.165) is 12.8 Å². The molecule has 0 N–H and O–H groups in total. The smallest absolute Gasteiger partial charge is 0.334 e. The van der Waals surface area contributed by atoms with Crippen molar-refractivity contribution >= 4 is 11.9 Å². The summed E-state index contributed by atoms with van der Waals surface area (Å²) in [7, 11) is 0. The van der Waals surface area contributed by atoms with Crippen molar-refractivity contribution in [2.75, 3.05) is 0 Å². The van der Waals surface area contributed by atoms with Gasteiger partial charge in [0.15, 0.2) is 0 Å². The summed E-state index contributed by atoms with van der Waals surface area (Å²) in [6, 6.07) is 0. The van der Waals surface area contributed by atoms with E-state index in [1.807, 2.05) is 47.6 Å². The van der Waals surface area contributed by atoms with Crippen LogP contribution in [0, 0.1) is 5.92 Å². The molecule has 0 unspecified atom stereocenters. The molecular formula is C19H32O4. The van der Waals surface area contributed by atoms with E-state index in [-0.39, 0.29) is 12.4 Å². The lowest BCUT2D eigenvalue weighted by molar-refractivity contribution is -0.157. The van der Waals surface area contributed by atoms with Gasteiger partial charge in [-0.3, -0.25) is 4.79 Å². The topological polar surface area (TPSA) is 52.6 Å². The molecule has 0 aliphatic heterocycles. The van der Waals surface area contributed by atoms with Crippen LogP contribution in [0.4, 0.5) is 0 Å². The first-order chi connectivity index (χ1) is 10.5. The number of hydrogen-bond acceptors (Lipinski definition) is 4. The van der Waals surface area contributed by atoms with Crippen molar-refractivity contribution in [2.45, 2.75) is 91.3 Å². The first kappa shape index (κ1) is 19.7. The van der Waals surface area contributed by atoms with Crippen LogP contribution in [0.25, 0.3) is 0 Å². The number of carbonyl (C=O) groups is 2. The summed E-state index contributed by atoms with van der Waals surface area (Å²) in [5.74, 6) is -0.437. The third-order valence-electron chi connectivity index (χ3n) is 3.50. The first-order valence-electron chi connectivity index (χ1n) is 8.62. The number of ether oxygens (including phenoxy) is 2. The Labute approximate surface area is 140 Å². The van der Waals surface area contributed by atoms with Crippen molar-refractivity contribution in [1.82, 2.24) is 0 Å². The summed E-state index contributed by atoms with van der Waals surface area (Å²) < 4.78 is 10.8. The maximum Gasteiger partial charge on any atom is 0.334 e. The van der Waals surface area contributed by atoms with Gasteiger partial charge in [0, 0.05) is 5.57 Å². The van der Waals surface area contributed by atoms with Gasteiger partial charge >= 0.3 is 11.9 Å². The van der Waals surface area contributed by atoms with Gasteiger partial charge in [0.05, 0.1) is 6.42 Å². The minimum Gasteiger partial charge on any atom is -0.460 e. The molecule has 0 atom stereocenters. The second-order valence-corrected chi connectivity index (χ2v) is 8.36. The molecular weight excluding hydrogens is 292 g/mol. The molecule has 4 nitrogen and oxygen atoms in total. The van der Waals surface area contributed by atoms with Gasteiger partial charge in [0.2, 0.25) is 0 Å². The van der Waals surface area contributed by atoms with Crippen molar-refractivity contribution in [3.63, 3.8) is 0 Å². The Morgan fingerprint density at radius 2 is 1.43 bits per heavy atom. The lowest BCUT2D eigenvalue weighted by atomic mass is 9.87. The Morgan fingerprint density at radius 3 is 1.91 bits per heavy atom. The molecule has 0 saturated heterocycles. The van der Waals surface area contributed by atoms with Crippen molar-refractivity contribution in [3.05, 3.63) is 11.6 Å². The van der Waals surface area contributed by atoms with Gasteiger partial charge in [0.25, 0.3) is 0 Å². The van der Waals surface area contributed by atoms with E-state index in [9.17, 15) is 9.59 Å². The van der Waals surface area contributed by atoms with Gasteiger partial charge in [-0.2, -0.15) is 0 Å². The maximum atomic E-state index is 12.4.